The predicted molar refractivity (Wildman–Crippen MR) is 78.0 cm³/mol. The number of hydrogen-bond donors (Lipinski definition) is 0. The van der Waals surface area contributed by atoms with Crippen LogP contribution < -0.4 is 0 Å². The number of allylic oxidation sites excluding steroid dienone is 1. The summed E-state index contributed by atoms with van der Waals surface area (Å²) in [6, 6.07) is -0.321. The highest BCUT2D eigenvalue weighted by atomic mass is 32.2. The summed E-state index contributed by atoms with van der Waals surface area (Å²) < 4.78 is 66.8. The van der Waals surface area contributed by atoms with Crippen LogP contribution in [0.1, 0.15) is 24.3 Å². The van der Waals surface area contributed by atoms with Gasteiger partial charge in [0.25, 0.3) is 10.1 Å². The van der Waals surface area contributed by atoms with E-state index in [1.165, 1.54) is 6.08 Å². The molecule has 1 aromatic rings. The minimum Gasteiger partial charge on any atom is -0.266 e. The van der Waals surface area contributed by atoms with Crippen LogP contribution in [0.3, 0.4) is 0 Å². The highest BCUT2D eigenvalue weighted by Crippen LogP contribution is 2.36. The molecule has 0 heterocycles. The van der Waals surface area contributed by atoms with Crippen LogP contribution in [0.4, 0.5) is 13.2 Å². The van der Waals surface area contributed by atoms with E-state index in [1.807, 2.05) is 0 Å². The summed E-state index contributed by atoms with van der Waals surface area (Å²) in [5.41, 5.74) is 0.0938. The normalized spacial score (nSPS) is 21.4. The van der Waals surface area contributed by atoms with Gasteiger partial charge in [0.2, 0.25) is 6.04 Å². The molecule has 0 fully saturated rings. The minimum atomic E-state index is -3.71. The van der Waals surface area contributed by atoms with Crippen LogP contribution in [0.25, 0.3) is 0 Å². The molecule has 0 N–H and O–H groups in total. The van der Waals surface area contributed by atoms with Gasteiger partial charge >= 0.3 is 0 Å². The first-order valence-corrected chi connectivity index (χ1v) is 8.70. The van der Waals surface area contributed by atoms with Crippen molar-refractivity contribution >= 4 is 10.1 Å². The van der Waals surface area contributed by atoms with Gasteiger partial charge in [-0.2, -0.15) is 8.42 Å². The fourth-order valence-electron chi connectivity index (χ4n) is 2.62. The molecule has 10 heteroatoms. The van der Waals surface area contributed by atoms with Gasteiger partial charge in [-0.15, -0.1) is 0 Å². The Morgan fingerprint density at radius 1 is 1.25 bits per heavy atom. The fourth-order valence-corrected chi connectivity index (χ4v) is 2.99. The lowest BCUT2D eigenvalue weighted by atomic mass is 9.80. The monoisotopic (exact) mass is 365 g/mol. The maximum absolute atomic E-state index is 13.9. The molecular weight excluding hydrogens is 351 g/mol. The molecule has 0 spiro atoms. The van der Waals surface area contributed by atoms with Crippen molar-refractivity contribution in [2.75, 3.05) is 12.9 Å². The fraction of sp³-hybridized carbons (Fsp3) is 0.429. The maximum Gasteiger partial charge on any atom is 0.264 e. The van der Waals surface area contributed by atoms with Gasteiger partial charge in [0.15, 0.2) is 11.6 Å². The summed E-state index contributed by atoms with van der Waals surface area (Å²) in [6.07, 6.45) is 2.15. The van der Waals surface area contributed by atoms with Crippen molar-refractivity contribution in [3.63, 3.8) is 0 Å². The van der Waals surface area contributed by atoms with Crippen LogP contribution in [-0.2, 0) is 14.3 Å². The van der Waals surface area contributed by atoms with Crippen LogP contribution in [-0.4, -0.2) is 32.2 Å². The Labute approximate surface area is 136 Å². The Hall–Kier alpha value is -1.94. The van der Waals surface area contributed by atoms with Crippen molar-refractivity contribution in [2.45, 2.75) is 24.8 Å². The predicted octanol–water partition coefficient (Wildman–Crippen LogP) is 2.53. The molecule has 24 heavy (non-hydrogen) atoms. The molecule has 132 valence electrons. The average molecular weight is 365 g/mol. The molecule has 0 amide bonds. The zero-order chi connectivity index (χ0) is 18.1. The number of benzene rings is 1. The van der Waals surface area contributed by atoms with Crippen molar-refractivity contribution in [3.8, 4) is 0 Å². The first-order valence-electron chi connectivity index (χ1n) is 6.88. The smallest absolute Gasteiger partial charge is 0.264 e. The number of nitrogens with zero attached hydrogens (tertiary/aromatic N) is 1. The molecule has 0 radical (unpaired) electrons. The molecule has 0 saturated heterocycles. The average Bonchev–Trinajstić information content (AvgIpc) is 2.48. The van der Waals surface area contributed by atoms with Gasteiger partial charge in [-0.1, -0.05) is 6.08 Å². The molecule has 0 aromatic heterocycles. The molecule has 1 aromatic carbocycles. The molecule has 0 bridgehead atoms. The summed E-state index contributed by atoms with van der Waals surface area (Å²) in [6.45, 7) is -0.337. The topological polar surface area (TPSA) is 86.5 Å². The van der Waals surface area contributed by atoms with Gasteiger partial charge in [0, 0.05) is 23.0 Å². The zero-order valence-electron chi connectivity index (χ0n) is 12.5. The highest BCUT2D eigenvalue weighted by molar-refractivity contribution is 7.85. The molecule has 1 aliphatic rings. The first kappa shape index (κ1) is 18.4. The van der Waals surface area contributed by atoms with Crippen molar-refractivity contribution in [3.05, 3.63) is 56.9 Å². The van der Waals surface area contributed by atoms with Crippen molar-refractivity contribution in [2.24, 2.45) is 0 Å². The van der Waals surface area contributed by atoms with E-state index in [1.54, 1.807) is 0 Å². The summed E-state index contributed by atoms with van der Waals surface area (Å²) >= 11 is 0. The van der Waals surface area contributed by atoms with E-state index >= 15 is 0 Å². The molecule has 2 atom stereocenters. The van der Waals surface area contributed by atoms with Crippen molar-refractivity contribution in [1.82, 2.24) is 0 Å². The van der Waals surface area contributed by atoms with Gasteiger partial charge in [-0.3, -0.25) is 14.3 Å². The van der Waals surface area contributed by atoms with E-state index < -0.39 is 44.5 Å². The third-order valence-corrected chi connectivity index (χ3v) is 4.31. The molecular formula is C14H14F3NO5S. The molecule has 1 aliphatic carbocycles. The third kappa shape index (κ3) is 4.32. The SMILES string of the molecule is CS(=O)(=O)OCC1=CC[C@@H](c2cc(F)c(F)cc2F)[C@H]([N+](=O)[O-])C1. The van der Waals surface area contributed by atoms with E-state index in [9.17, 15) is 31.7 Å². The highest BCUT2D eigenvalue weighted by Gasteiger charge is 2.38. The lowest BCUT2D eigenvalue weighted by molar-refractivity contribution is -0.527. The lowest BCUT2D eigenvalue weighted by Gasteiger charge is -2.26. The molecule has 0 saturated carbocycles. The Morgan fingerprint density at radius 3 is 2.46 bits per heavy atom. The van der Waals surface area contributed by atoms with Gasteiger partial charge < -0.3 is 0 Å². The molecule has 6 nitrogen and oxygen atoms in total. The summed E-state index contributed by atoms with van der Waals surface area (Å²) in [4.78, 5) is 10.6. The maximum atomic E-state index is 13.9. The third-order valence-electron chi connectivity index (χ3n) is 3.76. The second-order valence-corrected chi connectivity index (χ2v) is 7.16. The largest absolute Gasteiger partial charge is 0.266 e. The quantitative estimate of drug-likeness (QED) is 0.263. The Balaban J connectivity index is 2.29. The van der Waals surface area contributed by atoms with Crippen LogP contribution in [0, 0.1) is 27.6 Å². The summed E-state index contributed by atoms with van der Waals surface area (Å²) in [5.74, 6) is -4.71. The van der Waals surface area contributed by atoms with E-state index in [4.69, 9.17) is 0 Å². The number of rotatable bonds is 5. The van der Waals surface area contributed by atoms with Crippen LogP contribution >= 0.6 is 0 Å². The van der Waals surface area contributed by atoms with Gasteiger partial charge in [-0.05, 0) is 18.1 Å². The molecule has 2 rings (SSSR count). The second-order valence-electron chi connectivity index (χ2n) is 5.52. The molecule has 0 aliphatic heterocycles. The Morgan fingerprint density at radius 2 is 1.88 bits per heavy atom. The van der Waals surface area contributed by atoms with Crippen LogP contribution in [0.15, 0.2) is 23.8 Å². The van der Waals surface area contributed by atoms with E-state index in [0.29, 0.717) is 17.7 Å². The minimum absolute atomic E-state index is 0.0178. The summed E-state index contributed by atoms with van der Waals surface area (Å²) in [7, 11) is -3.71. The number of hydrogen-bond acceptors (Lipinski definition) is 5. The van der Waals surface area contributed by atoms with E-state index in [-0.39, 0.29) is 25.0 Å². The van der Waals surface area contributed by atoms with E-state index in [0.717, 1.165) is 6.26 Å². The van der Waals surface area contributed by atoms with Crippen LogP contribution in [0.5, 0.6) is 0 Å². The van der Waals surface area contributed by atoms with Crippen molar-refractivity contribution in [1.29, 1.82) is 0 Å². The Kier molecular flexibility index (Phi) is 5.29. The van der Waals surface area contributed by atoms with Gasteiger partial charge in [0.1, 0.15) is 5.82 Å². The van der Waals surface area contributed by atoms with E-state index in [2.05, 4.69) is 4.18 Å². The van der Waals surface area contributed by atoms with Gasteiger partial charge in [-0.25, -0.2) is 13.2 Å². The lowest BCUT2D eigenvalue weighted by Crippen LogP contribution is -2.32. The number of nitro groups is 1. The molecule has 0 unspecified atom stereocenters. The zero-order valence-corrected chi connectivity index (χ0v) is 13.4. The second kappa shape index (κ2) is 6.89. The Bertz CT molecular complexity index is 794. The number of halogens is 3. The summed E-state index contributed by atoms with van der Waals surface area (Å²) in [5, 5.41) is 11.3. The van der Waals surface area contributed by atoms with Crippen molar-refractivity contribution < 1.29 is 30.7 Å². The van der Waals surface area contributed by atoms with Gasteiger partial charge in [0.05, 0.1) is 18.8 Å². The standard InChI is InChI=1S/C14H14F3NO5S/c1-24(21,22)23-7-8-2-3-9(14(4-8)18(19)20)10-5-12(16)13(17)6-11(10)15/h2,5-6,9,14H,3-4,7H2,1H3/t9-,14+/m0/s1. The first-order chi connectivity index (χ1) is 11.1. The van der Waals surface area contributed by atoms with Crippen LogP contribution in [0.2, 0.25) is 0 Å².